The van der Waals surface area contributed by atoms with Gasteiger partial charge in [-0.25, -0.2) is 8.42 Å². The van der Waals surface area contributed by atoms with Crippen molar-refractivity contribution in [3.8, 4) is 0 Å². The van der Waals surface area contributed by atoms with Crippen LogP contribution in [0.3, 0.4) is 0 Å². The maximum Gasteiger partial charge on any atom is 0.218 e. The van der Waals surface area contributed by atoms with E-state index >= 15 is 0 Å². The number of hydrogen-bond acceptors (Lipinski definition) is 3. The van der Waals surface area contributed by atoms with Crippen LogP contribution in [0.5, 0.6) is 0 Å². The topological polar surface area (TPSA) is 40.6 Å². The van der Waals surface area contributed by atoms with Gasteiger partial charge in [-0.05, 0) is 18.5 Å². The van der Waals surface area contributed by atoms with Gasteiger partial charge in [0.1, 0.15) is 0 Å². The van der Waals surface area contributed by atoms with Crippen molar-refractivity contribution in [2.45, 2.75) is 25.5 Å². The van der Waals surface area contributed by atoms with Crippen molar-refractivity contribution in [1.82, 2.24) is 9.21 Å². The van der Waals surface area contributed by atoms with Crippen molar-refractivity contribution < 1.29 is 8.42 Å². The van der Waals surface area contributed by atoms with Crippen molar-refractivity contribution in [2.24, 2.45) is 0 Å². The van der Waals surface area contributed by atoms with Crippen LogP contribution in [0.25, 0.3) is 0 Å². The van der Waals surface area contributed by atoms with E-state index in [4.69, 9.17) is 0 Å². The second-order valence-electron chi connectivity index (χ2n) is 5.34. The largest absolute Gasteiger partial charge is 0.301 e. The first-order valence-corrected chi connectivity index (χ1v) is 8.97. The smallest absolute Gasteiger partial charge is 0.218 e. The van der Waals surface area contributed by atoms with Crippen molar-refractivity contribution in [2.75, 3.05) is 32.7 Å². The molecular formula is C15H24N2O2S. The second-order valence-corrected chi connectivity index (χ2v) is 7.30. The van der Waals surface area contributed by atoms with Crippen LogP contribution in [0.4, 0.5) is 0 Å². The van der Waals surface area contributed by atoms with Crippen LogP contribution in [0.15, 0.2) is 30.3 Å². The quantitative estimate of drug-likeness (QED) is 0.805. The first-order valence-electron chi connectivity index (χ1n) is 7.36. The van der Waals surface area contributed by atoms with Crippen LogP contribution in [0, 0.1) is 0 Å². The average molecular weight is 296 g/mol. The number of rotatable bonds is 6. The molecule has 1 aliphatic rings. The van der Waals surface area contributed by atoms with Gasteiger partial charge >= 0.3 is 0 Å². The third kappa shape index (κ3) is 4.30. The molecule has 0 saturated carbocycles. The summed E-state index contributed by atoms with van der Waals surface area (Å²) >= 11 is 0. The number of sulfonamides is 1. The minimum absolute atomic E-state index is 0.114. The maximum atomic E-state index is 12.4. The maximum absolute atomic E-state index is 12.4. The fourth-order valence-electron chi connectivity index (χ4n) is 2.49. The van der Waals surface area contributed by atoms with Gasteiger partial charge in [0.25, 0.3) is 0 Å². The number of piperazine rings is 1. The van der Waals surface area contributed by atoms with E-state index < -0.39 is 10.0 Å². The zero-order chi connectivity index (χ0) is 14.4. The van der Waals surface area contributed by atoms with Gasteiger partial charge in [-0.2, -0.15) is 4.31 Å². The fraction of sp³-hybridized carbons (Fsp3) is 0.600. The monoisotopic (exact) mass is 296 g/mol. The molecule has 112 valence electrons. The molecule has 1 aliphatic heterocycles. The lowest BCUT2D eigenvalue weighted by Gasteiger charge is -2.33. The lowest BCUT2D eigenvalue weighted by Crippen LogP contribution is -2.49. The SMILES string of the molecule is CCCCN1CCN(S(=O)(=O)Cc2ccccc2)CC1. The molecule has 0 radical (unpaired) electrons. The summed E-state index contributed by atoms with van der Waals surface area (Å²) in [7, 11) is -3.17. The summed E-state index contributed by atoms with van der Waals surface area (Å²) in [5.41, 5.74) is 0.862. The molecule has 1 fully saturated rings. The summed E-state index contributed by atoms with van der Waals surface area (Å²) in [4.78, 5) is 2.36. The Hall–Kier alpha value is -0.910. The number of hydrogen-bond donors (Lipinski definition) is 0. The molecule has 0 atom stereocenters. The van der Waals surface area contributed by atoms with Gasteiger partial charge in [-0.3, -0.25) is 0 Å². The van der Waals surface area contributed by atoms with Crippen molar-refractivity contribution in [3.63, 3.8) is 0 Å². The van der Waals surface area contributed by atoms with Gasteiger partial charge < -0.3 is 4.90 Å². The third-order valence-electron chi connectivity index (χ3n) is 3.74. The van der Waals surface area contributed by atoms with Crippen LogP contribution in [-0.4, -0.2) is 50.3 Å². The summed E-state index contributed by atoms with van der Waals surface area (Å²) in [5.74, 6) is 0.114. The Labute approximate surface area is 122 Å². The Morgan fingerprint density at radius 2 is 1.70 bits per heavy atom. The molecule has 0 unspecified atom stereocenters. The molecule has 2 rings (SSSR count). The van der Waals surface area contributed by atoms with E-state index in [0.29, 0.717) is 13.1 Å². The zero-order valence-corrected chi connectivity index (χ0v) is 13.0. The van der Waals surface area contributed by atoms with Gasteiger partial charge in [0.2, 0.25) is 10.0 Å². The Balaban J connectivity index is 1.89. The molecular weight excluding hydrogens is 272 g/mol. The molecule has 1 aromatic carbocycles. The Kier molecular flexibility index (Phi) is 5.57. The molecule has 0 amide bonds. The summed E-state index contributed by atoms with van der Waals surface area (Å²) in [5, 5.41) is 0. The van der Waals surface area contributed by atoms with Gasteiger partial charge in [0, 0.05) is 26.2 Å². The summed E-state index contributed by atoms with van der Waals surface area (Å²) in [6.45, 7) is 6.23. The third-order valence-corrected chi connectivity index (χ3v) is 5.59. The van der Waals surface area contributed by atoms with Crippen molar-refractivity contribution in [1.29, 1.82) is 0 Å². The van der Waals surface area contributed by atoms with Crippen molar-refractivity contribution in [3.05, 3.63) is 35.9 Å². The van der Waals surface area contributed by atoms with Gasteiger partial charge in [-0.15, -0.1) is 0 Å². The number of benzene rings is 1. The van der Waals surface area contributed by atoms with E-state index in [1.54, 1.807) is 4.31 Å². The van der Waals surface area contributed by atoms with E-state index in [2.05, 4.69) is 11.8 Å². The molecule has 4 nitrogen and oxygen atoms in total. The highest BCUT2D eigenvalue weighted by Gasteiger charge is 2.26. The van der Waals surface area contributed by atoms with E-state index in [-0.39, 0.29) is 5.75 Å². The number of unbranched alkanes of at least 4 members (excludes halogenated alkanes) is 1. The standard InChI is InChI=1S/C15H24N2O2S/c1-2-3-9-16-10-12-17(13-11-16)20(18,19)14-15-7-5-4-6-8-15/h4-8H,2-3,9-14H2,1H3. The highest BCUT2D eigenvalue weighted by Crippen LogP contribution is 2.13. The minimum Gasteiger partial charge on any atom is -0.301 e. The highest BCUT2D eigenvalue weighted by molar-refractivity contribution is 7.88. The number of nitrogens with zero attached hydrogens (tertiary/aromatic N) is 2. The van der Waals surface area contributed by atoms with Crippen LogP contribution < -0.4 is 0 Å². The first kappa shape index (κ1) is 15.5. The Morgan fingerprint density at radius 1 is 1.05 bits per heavy atom. The summed E-state index contributed by atoms with van der Waals surface area (Å²) in [6, 6.07) is 9.41. The molecule has 1 saturated heterocycles. The van der Waals surface area contributed by atoms with Crippen LogP contribution in [0.1, 0.15) is 25.3 Å². The zero-order valence-electron chi connectivity index (χ0n) is 12.2. The molecule has 0 aliphatic carbocycles. The van der Waals surface area contributed by atoms with E-state index in [0.717, 1.165) is 25.2 Å². The van der Waals surface area contributed by atoms with E-state index in [1.807, 2.05) is 30.3 Å². The first-order chi connectivity index (χ1) is 9.62. The van der Waals surface area contributed by atoms with E-state index in [1.165, 1.54) is 12.8 Å². The molecule has 0 bridgehead atoms. The fourth-order valence-corrected chi connectivity index (χ4v) is 4.01. The van der Waals surface area contributed by atoms with Crippen LogP contribution in [0.2, 0.25) is 0 Å². The molecule has 0 spiro atoms. The lowest BCUT2D eigenvalue weighted by molar-refractivity contribution is 0.186. The highest BCUT2D eigenvalue weighted by atomic mass is 32.2. The molecule has 5 heteroatoms. The van der Waals surface area contributed by atoms with Gasteiger partial charge in [-0.1, -0.05) is 43.7 Å². The predicted molar refractivity (Wildman–Crippen MR) is 82.0 cm³/mol. The molecule has 0 N–H and O–H groups in total. The van der Waals surface area contributed by atoms with E-state index in [9.17, 15) is 8.42 Å². The van der Waals surface area contributed by atoms with Crippen molar-refractivity contribution >= 4 is 10.0 Å². The van der Waals surface area contributed by atoms with Gasteiger partial charge in [0.05, 0.1) is 5.75 Å². The lowest BCUT2D eigenvalue weighted by atomic mass is 10.2. The molecule has 1 heterocycles. The van der Waals surface area contributed by atoms with Crippen LogP contribution in [-0.2, 0) is 15.8 Å². The molecule has 20 heavy (non-hydrogen) atoms. The summed E-state index contributed by atoms with van der Waals surface area (Å²) < 4.78 is 26.4. The normalized spacial score (nSPS) is 18.2. The molecule has 0 aromatic heterocycles. The Morgan fingerprint density at radius 3 is 2.30 bits per heavy atom. The van der Waals surface area contributed by atoms with Gasteiger partial charge in [0.15, 0.2) is 0 Å². The Bertz CT molecular complexity index is 494. The molecule has 1 aromatic rings. The van der Waals surface area contributed by atoms with Crippen LogP contribution >= 0.6 is 0 Å². The average Bonchev–Trinajstić information content (AvgIpc) is 2.46. The predicted octanol–water partition coefficient (Wildman–Crippen LogP) is 1.93. The summed E-state index contributed by atoms with van der Waals surface area (Å²) in [6.07, 6.45) is 2.38. The second kappa shape index (κ2) is 7.20. The minimum atomic E-state index is -3.17.